The Labute approximate surface area is 228 Å². The lowest BCUT2D eigenvalue weighted by molar-refractivity contribution is -0.111. The number of anilines is 4. The van der Waals surface area contributed by atoms with Gasteiger partial charge in [-0.3, -0.25) is 4.79 Å². The van der Waals surface area contributed by atoms with Gasteiger partial charge in [-0.25, -0.2) is 9.97 Å². The normalized spacial score (nSPS) is 15.3. The smallest absolute Gasteiger partial charge is 0.247 e. The van der Waals surface area contributed by atoms with Crippen molar-refractivity contribution in [3.05, 3.63) is 67.0 Å². The number of aryl methyl sites for hydroxylation is 2. The number of nitrogens with zero attached hydrogens (tertiary/aromatic N) is 5. The van der Waals surface area contributed by atoms with E-state index in [0.717, 1.165) is 62.5 Å². The predicted octanol–water partition coefficient (Wildman–Crippen LogP) is 4.67. The maximum Gasteiger partial charge on any atom is 0.247 e. The minimum Gasteiger partial charge on any atom is -0.494 e. The quantitative estimate of drug-likeness (QED) is 0.340. The zero-order chi connectivity index (χ0) is 26.9. The van der Waals surface area contributed by atoms with E-state index in [-0.39, 0.29) is 5.91 Å². The van der Waals surface area contributed by atoms with Crippen LogP contribution in [0.1, 0.15) is 12.0 Å². The number of benzene rings is 2. The Hall–Kier alpha value is -4.37. The molecule has 2 aliphatic heterocycles. The van der Waals surface area contributed by atoms with Gasteiger partial charge in [-0.15, -0.1) is 0 Å². The molecule has 9 heteroatoms. The van der Waals surface area contributed by atoms with Gasteiger partial charge in [0.1, 0.15) is 5.75 Å². The molecule has 0 spiro atoms. The first-order valence-electron chi connectivity index (χ1n) is 13.3. The molecule has 4 aromatic rings. The first kappa shape index (κ1) is 24.9. The molecule has 0 radical (unpaired) electrons. The summed E-state index contributed by atoms with van der Waals surface area (Å²) in [4.78, 5) is 26.2. The number of nitrogens with one attached hydrogen (secondary N) is 2. The van der Waals surface area contributed by atoms with E-state index in [1.807, 2.05) is 18.2 Å². The first-order chi connectivity index (χ1) is 19.0. The van der Waals surface area contributed by atoms with E-state index in [1.54, 1.807) is 13.3 Å². The number of hydrogen-bond acceptors (Lipinski definition) is 7. The number of para-hydroxylation sites is 1. The second-order valence-electron chi connectivity index (χ2n) is 10.1. The summed E-state index contributed by atoms with van der Waals surface area (Å²) in [6.07, 6.45) is 7.49. The van der Waals surface area contributed by atoms with Crippen molar-refractivity contribution in [2.24, 2.45) is 0 Å². The van der Waals surface area contributed by atoms with Crippen molar-refractivity contribution in [2.45, 2.75) is 19.4 Å². The summed E-state index contributed by atoms with van der Waals surface area (Å²) >= 11 is 0. The van der Waals surface area contributed by atoms with Crippen LogP contribution in [-0.2, 0) is 17.8 Å². The average Bonchev–Trinajstić information content (AvgIpc) is 3.34. The molecule has 9 nitrogen and oxygen atoms in total. The molecule has 2 aliphatic rings. The molecule has 4 heterocycles. The van der Waals surface area contributed by atoms with Crippen molar-refractivity contribution in [1.82, 2.24) is 19.4 Å². The van der Waals surface area contributed by atoms with Crippen LogP contribution < -0.4 is 20.3 Å². The number of piperazine rings is 1. The monoisotopic (exact) mass is 523 g/mol. The third-order valence-corrected chi connectivity index (χ3v) is 7.61. The van der Waals surface area contributed by atoms with Crippen molar-refractivity contribution in [2.75, 3.05) is 55.9 Å². The molecule has 2 aromatic carbocycles. The van der Waals surface area contributed by atoms with Crippen LogP contribution in [-0.4, -0.2) is 65.7 Å². The van der Waals surface area contributed by atoms with Crippen LogP contribution in [0.3, 0.4) is 0 Å². The lowest BCUT2D eigenvalue weighted by Gasteiger charge is -2.35. The number of amides is 1. The number of hydrogen-bond donors (Lipinski definition) is 2. The highest BCUT2D eigenvalue weighted by atomic mass is 16.5. The van der Waals surface area contributed by atoms with E-state index < -0.39 is 0 Å². The number of methoxy groups -OCH3 is 1. The van der Waals surface area contributed by atoms with Crippen LogP contribution >= 0.6 is 0 Å². The van der Waals surface area contributed by atoms with E-state index in [9.17, 15) is 4.79 Å². The molecule has 0 unspecified atom stereocenters. The second-order valence-corrected chi connectivity index (χ2v) is 10.1. The zero-order valence-electron chi connectivity index (χ0n) is 22.4. The lowest BCUT2D eigenvalue weighted by atomic mass is 10.0. The molecule has 0 aliphatic carbocycles. The molecule has 0 bridgehead atoms. The van der Waals surface area contributed by atoms with Gasteiger partial charge in [0.2, 0.25) is 11.9 Å². The SMILES string of the molecule is C=CC(=O)Nc1cc(Nc2nccc(-c3cn4c5c(cccc35)CCC4)n2)c(OC)cc1N1CCN(C)CC1. The highest BCUT2D eigenvalue weighted by Gasteiger charge is 2.22. The Morgan fingerprint density at radius 2 is 1.95 bits per heavy atom. The van der Waals surface area contributed by atoms with Crippen LogP contribution in [0.2, 0.25) is 0 Å². The first-order valence-corrected chi connectivity index (χ1v) is 13.3. The van der Waals surface area contributed by atoms with Gasteiger partial charge < -0.3 is 29.7 Å². The van der Waals surface area contributed by atoms with Gasteiger partial charge >= 0.3 is 0 Å². The van der Waals surface area contributed by atoms with Gasteiger partial charge in [0, 0.05) is 62.1 Å². The summed E-state index contributed by atoms with van der Waals surface area (Å²) in [7, 11) is 3.76. The maximum atomic E-state index is 12.3. The highest BCUT2D eigenvalue weighted by Crippen LogP contribution is 2.39. The van der Waals surface area contributed by atoms with E-state index in [4.69, 9.17) is 9.72 Å². The number of ether oxygens (including phenoxy) is 1. The largest absolute Gasteiger partial charge is 0.494 e. The molecular weight excluding hydrogens is 490 g/mol. The Bertz CT molecular complexity index is 1550. The van der Waals surface area contributed by atoms with Gasteiger partial charge in [0.05, 0.1) is 35.4 Å². The van der Waals surface area contributed by atoms with Crippen molar-refractivity contribution in [1.29, 1.82) is 0 Å². The summed E-state index contributed by atoms with van der Waals surface area (Å²) in [6, 6.07) is 12.3. The maximum absolute atomic E-state index is 12.3. The second kappa shape index (κ2) is 10.4. The van der Waals surface area contributed by atoms with Crippen molar-refractivity contribution < 1.29 is 9.53 Å². The van der Waals surface area contributed by atoms with Crippen LogP contribution in [0.15, 0.2) is 61.4 Å². The highest BCUT2D eigenvalue weighted by molar-refractivity contribution is 6.02. The average molecular weight is 524 g/mol. The fraction of sp³-hybridized carbons (Fsp3) is 0.300. The number of carbonyl (C=O) groups excluding carboxylic acids is 1. The van der Waals surface area contributed by atoms with Crippen LogP contribution in [0.25, 0.3) is 22.2 Å². The fourth-order valence-corrected chi connectivity index (χ4v) is 5.58. The zero-order valence-corrected chi connectivity index (χ0v) is 22.4. The van der Waals surface area contributed by atoms with E-state index >= 15 is 0 Å². The molecule has 39 heavy (non-hydrogen) atoms. The molecule has 6 rings (SSSR count). The molecule has 0 saturated carbocycles. The Morgan fingerprint density at radius 3 is 2.74 bits per heavy atom. The van der Waals surface area contributed by atoms with Gasteiger partial charge in [-0.05, 0) is 43.7 Å². The fourth-order valence-electron chi connectivity index (χ4n) is 5.58. The number of aromatic nitrogens is 3. The number of carbonyl (C=O) groups is 1. The molecule has 1 fully saturated rings. The summed E-state index contributed by atoms with van der Waals surface area (Å²) in [5, 5.41) is 7.52. The minimum absolute atomic E-state index is 0.271. The molecule has 2 aromatic heterocycles. The molecule has 1 saturated heterocycles. The van der Waals surface area contributed by atoms with Gasteiger partial charge in [0.25, 0.3) is 0 Å². The summed E-state index contributed by atoms with van der Waals surface area (Å²) in [5.41, 5.74) is 6.88. The van der Waals surface area contributed by atoms with Crippen LogP contribution in [0.5, 0.6) is 5.75 Å². The van der Waals surface area contributed by atoms with Crippen molar-refractivity contribution >= 4 is 39.8 Å². The topological polar surface area (TPSA) is 87.5 Å². The van der Waals surface area contributed by atoms with Crippen molar-refractivity contribution in [3.63, 3.8) is 0 Å². The summed E-state index contributed by atoms with van der Waals surface area (Å²) in [6.45, 7) is 8.21. The summed E-state index contributed by atoms with van der Waals surface area (Å²) in [5.74, 6) is 0.820. The Balaban J connectivity index is 1.36. The number of likely N-dealkylation sites (N-methyl/N-ethyl adjacent to an activating group) is 1. The van der Waals surface area contributed by atoms with Crippen molar-refractivity contribution in [3.8, 4) is 17.0 Å². The summed E-state index contributed by atoms with van der Waals surface area (Å²) < 4.78 is 8.12. The van der Waals surface area contributed by atoms with Gasteiger partial charge in [-0.2, -0.15) is 0 Å². The molecule has 0 atom stereocenters. The van der Waals surface area contributed by atoms with Crippen LogP contribution in [0.4, 0.5) is 23.0 Å². The molecule has 2 N–H and O–H groups in total. The molecule has 200 valence electrons. The Morgan fingerprint density at radius 1 is 1.10 bits per heavy atom. The lowest BCUT2D eigenvalue weighted by Crippen LogP contribution is -2.44. The van der Waals surface area contributed by atoms with Crippen LogP contribution in [0, 0.1) is 0 Å². The van der Waals surface area contributed by atoms with Gasteiger partial charge in [0.15, 0.2) is 0 Å². The van der Waals surface area contributed by atoms with E-state index in [1.165, 1.54) is 22.5 Å². The molecule has 1 amide bonds. The van der Waals surface area contributed by atoms with E-state index in [2.05, 4.69) is 68.0 Å². The molecular formula is C30H33N7O2. The van der Waals surface area contributed by atoms with E-state index in [0.29, 0.717) is 23.1 Å². The third-order valence-electron chi connectivity index (χ3n) is 7.61. The Kier molecular flexibility index (Phi) is 6.66. The predicted molar refractivity (Wildman–Crippen MR) is 156 cm³/mol. The third kappa shape index (κ3) is 4.81. The minimum atomic E-state index is -0.271. The number of rotatable bonds is 7. The standard InChI is InChI=1S/C30H33N7O2/c1-4-28(38)32-24-17-25(27(39-3)18-26(24)36-15-13-35(2)14-16-36)34-30-31-11-10-23(33-30)22-19-37-12-6-8-20-7-5-9-21(22)29(20)37/h4-5,7,9-11,17-19H,1,6,8,12-16H2,2-3H3,(H,32,38)(H,31,33,34). The van der Waals surface area contributed by atoms with Gasteiger partial charge in [-0.1, -0.05) is 24.8 Å².